The number of rotatable bonds is 3. The normalized spacial score (nSPS) is 11.6. The summed E-state index contributed by atoms with van der Waals surface area (Å²) in [4.78, 5) is 22.6. The first-order valence-electron chi connectivity index (χ1n) is 5.39. The standard InChI is InChI=1S/C12H15BrN2O3/c1-7-4-5-10(9(13)6-7)18-8(2)11(16)15-12(17)14-3/h4-6,8H,1-3H3,(H2,14,15,16,17). The molecule has 1 rings (SSSR count). The maximum atomic E-state index is 11.6. The molecule has 18 heavy (non-hydrogen) atoms. The van der Waals surface area contributed by atoms with Crippen molar-refractivity contribution in [3.05, 3.63) is 28.2 Å². The molecule has 1 unspecified atom stereocenters. The Labute approximate surface area is 114 Å². The maximum absolute atomic E-state index is 11.6. The van der Waals surface area contributed by atoms with E-state index in [0.717, 1.165) is 10.0 Å². The second-order valence-corrected chi connectivity index (χ2v) is 4.62. The predicted molar refractivity (Wildman–Crippen MR) is 71.6 cm³/mol. The number of ether oxygens (including phenoxy) is 1. The molecule has 0 aliphatic rings. The second-order valence-electron chi connectivity index (χ2n) is 3.76. The van der Waals surface area contributed by atoms with Gasteiger partial charge in [-0.2, -0.15) is 0 Å². The highest BCUT2D eigenvalue weighted by Gasteiger charge is 2.17. The van der Waals surface area contributed by atoms with Crippen LogP contribution in [-0.4, -0.2) is 25.1 Å². The van der Waals surface area contributed by atoms with Crippen LogP contribution in [0.4, 0.5) is 4.79 Å². The number of amides is 3. The van der Waals surface area contributed by atoms with Crippen LogP contribution < -0.4 is 15.4 Å². The molecular formula is C12H15BrN2O3. The molecule has 0 fully saturated rings. The molecule has 0 bridgehead atoms. The molecule has 0 heterocycles. The third kappa shape index (κ3) is 4.03. The van der Waals surface area contributed by atoms with Gasteiger partial charge >= 0.3 is 6.03 Å². The Morgan fingerprint density at radius 3 is 2.61 bits per heavy atom. The summed E-state index contributed by atoms with van der Waals surface area (Å²) in [7, 11) is 1.44. The van der Waals surface area contributed by atoms with Crippen LogP contribution >= 0.6 is 15.9 Å². The summed E-state index contributed by atoms with van der Waals surface area (Å²) in [6.45, 7) is 3.53. The molecule has 2 N–H and O–H groups in total. The number of benzene rings is 1. The summed E-state index contributed by atoms with van der Waals surface area (Å²) in [5.41, 5.74) is 1.08. The van der Waals surface area contributed by atoms with E-state index in [0.29, 0.717) is 5.75 Å². The number of urea groups is 1. The number of halogens is 1. The molecule has 3 amide bonds. The van der Waals surface area contributed by atoms with Gasteiger partial charge < -0.3 is 10.1 Å². The number of hydrogen-bond acceptors (Lipinski definition) is 3. The Bertz CT molecular complexity index is 463. The van der Waals surface area contributed by atoms with Gasteiger partial charge in [-0.25, -0.2) is 4.79 Å². The van der Waals surface area contributed by atoms with Crippen molar-refractivity contribution in [2.24, 2.45) is 0 Å². The van der Waals surface area contributed by atoms with E-state index in [-0.39, 0.29) is 0 Å². The maximum Gasteiger partial charge on any atom is 0.321 e. The van der Waals surface area contributed by atoms with Crippen molar-refractivity contribution < 1.29 is 14.3 Å². The lowest BCUT2D eigenvalue weighted by atomic mass is 10.2. The minimum atomic E-state index is -0.763. The Hall–Kier alpha value is -1.56. The van der Waals surface area contributed by atoms with Gasteiger partial charge in [0, 0.05) is 7.05 Å². The largest absolute Gasteiger partial charge is 0.480 e. The van der Waals surface area contributed by atoms with Crippen molar-refractivity contribution in [2.45, 2.75) is 20.0 Å². The second kappa shape index (κ2) is 6.39. The number of carbonyl (C=O) groups is 2. The fraction of sp³-hybridized carbons (Fsp3) is 0.333. The van der Waals surface area contributed by atoms with Crippen molar-refractivity contribution in [1.29, 1.82) is 0 Å². The molecule has 6 heteroatoms. The average molecular weight is 315 g/mol. The van der Waals surface area contributed by atoms with E-state index in [1.807, 2.05) is 19.1 Å². The number of nitrogens with one attached hydrogen (secondary N) is 2. The van der Waals surface area contributed by atoms with Crippen LogP contribution in [0.2, 0.25) is 0 Å². The SMILES string of the molecule is CNC(=O)NC(=O)C(C)Oc1ccc(C)cc1Br. The third-order valence-electron chi connectivity index (χ3n) is 2.22. The molecule has 0 radical (unpaired) electrons. The summed E-state index contributed by atoms with van der Waals surface area (Å²) in [5.74, 6) is 0.0574. The molecule has 0 saturated heterocycles. The molecule has 0 aromatic heterocycles. The van der Waals surface area contributed by atoms with Crippen LogP contribution in [0.1, 0.15) is 12.5 Å². The Balaban J connectivity index is 2.66. The van der Waals surface area contributed by atoms with E-state index in [4.69, 9.17) is 4.74 Å². The van der Waals surface area contributed by atoms with E-state index >= 15 is 0 Å². The quantitative estimate of drug-likeness (QED) is 0.896. The third-order valence-corrected chi connectivity index (χ3v) is 2.84. The van der Waals surface area contributed by atoms with Gasteiger partial charge in [-0.3, -0.25) is 10.1 Å². The smallest absolute Gasteiger partial charge is 0.321 e. The number of imide groups is 1. The van der Waals surface area contributed by atoms with E-state index < -0.39 is 18.0 Å². The zero-order chi connectivity index (χ0) is 13.7. The first-order valence-corrected chi connectivity index (χ1v) is 6.18. The van der Waals surface area contributed by atoms with Gasteiger partial charge in [0.15, 0.2) is 6.10 Å². The highest BCUT2D eigenvalue weighted by Crippen LogP contribution is 2.26. The molecule has 0 aliphatic heterocycles. The average Bonchev–Trinajstić information content (AvgIpc) is 2.32. The topological polar surface area (TPSA) is 67.4 Å². The number of aryl methyl sites for hydroxylation is 1. The van der Waals surface area contributed by atoms with Crippen LogP contribution in [0.3, 0.4) is 0 Å². The van der Waals surface area contributed by atoms with Gasteiger partial charge in [0.05, 0.1) is 4.47 Å². The summed E-state index contributed by atoms with van der Waals surface area (Å²) >= 11 is 3.35. The molecule has 98 valence electrons. The zero-order valence-electron chi connectivity index (χ0n) is 10.4. The molecule has 1 atom stereocenters. The first-order chi connectivity index (χ1) is 8.43. The summed E-state index contributed by atoms with van der Waals surface area (Å²) in [6, 6.07) is 4.98. The van der Waals surface area contributed by atoms with E-state index in [1.165, 1.54) is 7.05 Å². The number of carbonyl (C=O) groups excluding carboxylic acids is 2. The van der Waals surface area contributed by atoms with Crippen molar-refractivity contribution in [3.63, 3.8) is 0 Å². The minimum Gasteiger partial charge on any atom is -0.480 e. The summed E-state index contributed by atoms with van der Waals surface area (Å²) < 4.78 is 6.23. The molecule has 0 spiro atoms. The Morgan fingerprint density at radius 2 is 2.06 bits per heavy atom. The fourth-order valence-electron chi connectivity index (χ4n) is 1.22. The molecule has 0 aliphatic carbocycles. The van der Waals surface area contributed by atoms with Crippen LogP contribution in [0.5, 0.6) is 5.75 Å². The van der Waals surface area contributed by atoms with Crippen LogP contribution in [-0.2, 0) is 4.79 Å². The first kappa shape index (κ1) is 14.5. The van der Waals surface area contributed by atoms with Gasteiger partial charge in [-0.05, 0) is 47.5 Å². The molecule has 1 aromatic rings. The Morgan fingerprint density at radius 1 is 1.39 bits per heavy atom. The zero-order valence-corrected chi connectivity index (χ0v) is 12.0. The highest BCUT2D eigenvalue weighted by atomic mass is 79.9. The van der Waals surface area contributed by atoms with E-state index in [1.54, 1.807) is 13.0 Å². The van der Waals surface area contributed by atoms with E-state index in [2.05, 4.69) is 26.6 Å². The lowest BCUT2D eigenvalue weighted by Crippen LogP contribution is -2.43. The van der Waals surface area contributed by atoms with Gasteiger partial charge in [0.1, 0.15) is 5.75 Å². The van der Waals surface area contributed by atoms with Crippen molar-refractivity contribution in [1.82, 2.24) is 10.6 Å². The fourth-order valence-corrected chi connectivity index (χ4v) is 1.81. The van der Waals surface area contributed by atoms with E-state index in [9.17, 15) is 9.59 Å². The molecule has 5 nitrogen and oxygen atoms in total. The van der Waals surface area contributed by atoms with Crippen molar-refractivity contribution >= 4 is 27.9 Å². The van der Waals surface area contributed by atoms with Gasteiger partial charge in [-0.15, -0.1) is 0 Å². The molecule has 1 aromatic carbocycles. The van der Waals surface area contributed by atoms with Gasteiger partial charge in [0.25, 0.3) is 5.91 Å². The van der Waals surface area contributed by atoms with Crippen LogP contribution in [0.15, 0.2) is 22.7 Å². The molecular weight excluding hydrogens is 300 g/mol. The van der Waals surface area contributed by atoms with Crippen molar-refractivity contribution in [2.75, 3.05) is 7.05 Å². The molecule has 0 saturated carbocycles. The predicted octanol–water partition coefficient (Wildman–Crippen LogP) is 1.98. The summed E-state index contributed by atoms with van der Waals surface area (Å²) in [6.07, 6.45) is -0.763. The highest BCUT2D eigenvalue weighted by molar-refractivity contribution is 9.10. The van der Waals surface area contributed by atoms with Gasteiger partial charge in [-0.1, -0.05) is 6.07 Å². The van der Waals surface area contributed by atoms with Crippen LogP contribution in [0.25, 0.3) is 0 Å². The van der Waals surface area contributed by atoms with Crippen LogP contribution in [0, 0.1) is 6.92 Å². The minimum absolute atomic E-state index is 0.498. The number of hydrogen-bond donors (Lipinski definition) is 2. The lowest BCUT2D eigenvalue weighted by molar-refractivity contribution is -0.126. The lowest BCUT2D eigenvalue weighted by Gasteiger charge is -2.15. The summed E-state index contributed by atoms with van der Waals surface area (Å²) in [5, 5.41) is 4.45. The van der Waals surface area contributed by atoms with Gasteiger partial charge in [0.2, 0.25) is 0 Å². The van der Waals surface area contributed by atoms with Crippen molar-refractivity contribution in [3.8, 4) is 5.75 Å². The Kier molecular flexibility index (Phi) is 5.15. The monoisotopic (exact) mass is 314 g/mol.